The van der Waals surface area contributed by atoms with Crippen LogP contribution in [0.4, 0.5) is 5.95 Å². The van der Waals surface area contributed by atoms with E-state index in [0.717, 1.165) is 0 Å². The van der Waals surface area contributed by atoms with Crippen molar-refractivity contribution >= 4 is 31.5 Å². The number of H-pyrrole nitrogens is 1. The van der Waals surface area contributed by atoms with E-state index in [1.165, 1.54) is 10.9 Å². The number of nitrogens with zero attached hydrogens (tertiary/aromatic N) is 5. The van der Waals surface area contributed by atoms with Gasteiger partial charge in [-0.3, -0.25) is 24.5 Å². The highest BCUT2D eigenvalue weighted by Gasteiger charge is 2.48. The van der Waals surface area contributed by atoms with Gasteiger partial charge in [0.1, 0.15) is 18.8 Å². The number of aliphatic hydroxyl groups excluding tert-OH is 1. The predicted molar refractivity (Wildman–Crippen MR) is 154 cm³/mol. The second kappa shape index (κ2) is 15.1. The van der Waals surface area contributed by atoms with Crippen molar-refractivity contribution in [1.82, 2.24) is 24.2 Å². The second-order valence-corrected chi connectivity index (χ2v) is 11.9. The van der Waals surface area contributed by atoms with Gasteiger partial charge in [0.15, 0.2) is 17.4 Å². The van der Waals surface area contributed by atoms with Gasteiger partial charge in [0.25, 0.3) is 14.1 Å². The number of amides is 1. The Morgan fingerprint density at radius 2 is 2.05 bits per heavy atom. The number of carbonyl (C=O) groups is 1. The molecule has 1 saturated heterocycles. The van der Waals surface area contributed by atoms with Crippen molar-refractivity contribution in [1.29, 1.82) is 0 Å². The minimum atomic E-state index is -1.69. The Morgan fingerprint density at radius 3 is 2.66 bits per heavy atom. The Kier molecular flexibility index (Phi) is 11.6. The monoisotopic (exact) mass is 596 g/mol. The number of aromatic amines is 1. The highest BCUT2D eigenvalue weighted by molar-refractivity contribution is 7.44. The van der Waals surface area contributed by atoms with Crippen LogP contribution in [0.2, 0.25) is 0 Å². The minimum Gasteiger partial charge on any atom is -0.396 e. The molecule has 1 aliphatic rings. The molecule has 1 fully saturated rings. The topological polar surface area (TPSA) is 157 Å². The van der Waals surface area contributed by atoms with Crippen LogP contribution in [0, 0.1) is 12.5 Å². The van der Waals surface area contributed by atoms with Crippen LogP contribution in [0.5, 0.6) is 0 Å². The average Bonchev–Trinajstić information content (AvgIpc) is 3.49. The van der Waals surface area contributed by atoms with E-state index in [1.54, 1.807) is 13.8 Å². The normalized spacial score (nSPS) is 22.1. The predicted octanol–water partition coefficient (Wildman–Crippen LogP) is 3.07. The Bertz CT molecular complexity index is 1260. The van der Waals surface area contributed by atoms with E-state index in [9.17, 15) is 14.7 Å². The van der Waals surface area contributed by atoms with Gasteiger partial charge in [0.2, 0.25) is 18.4 Å². The average molecular weight is 597 g/mol. The van der Waals surface area contributed by atoms with Gasteiger partial charge >= 0.3 is 0 Å². The lowest BCUT2D eigenvalue weighted by Crippen LogP contribution is -2.39. The molecule has 1 aliphatic heterocycles. The highest BCUT2D eigenvalue weighted by atomic mass is 31.2. The van der Waals surface area contributed by atoms with Gasteiger partial charge in [-0.1, -0.05) is 13.8 Å². The smallest absolute Gasteiger partial charge is 0.280 e. The molecule has 0 aromatic carbocycles. The molecule has 228 valence electrons. The molecule has 3 heterocycles. The molecule has 0 aliphatic carbocycles. The standard InChI is InChI=1S/C26H42N7O7P/c1-15(2)23(35)30-26-29-22-19(24(36)31-26)28-14-32(22)25-21(37-12-9-11-34)20(18(7)39-25)40-41(38-13-10-27-8)33(16(3)4)17(5)6/h14-18,20-21,25,34H,9-13H2,1-7H3,(H2,29,30,31,35,36)/t18-,20-,21-,25-,41?/m1/s1/i7D. The molecule has 2 aromatic rings. The van der Waals surface area contributed by atoms with Crippen LogP contribution in [0.25, 0.3) is 16.0 Å². The molecule has 5 atom stereocenters. The lowest BCUT2D eigenvalue weighted by Gasteiger charge is -2.37. The van der Waals surface area contributed by atoms with E-state index in [-0.39, 0.29) is 74.3 Å². The third-order valence-corrected chi connectivity index (χ3v) is 8.36. The van der Waals surface area contributed by atoms with Crippen LogP contribution < -0.4 is 10.9 Å². The van der Waals surface area contributed by atoms with Gasteiger partial charge in [-0.2, -0.15) is 4.98 Å². The Hall–Kier alpha value is -2.50. The van der Waals surface area contributed by atoms with Crippen LogP contribution in [0.15, 0.2) is 11.1 Å². The molecule has 3 rings (SSSR count). The number of hydrogen-bond acceptors (Lipinski definition) is 10. The Labute approximate surface area is 242 Å². The quantitative estimate of drug-likeness (QED) is 0.159. The van der Waals surface area contributed by atoms with Gasteiger partial charge < -0.3 is 28.5 Å². The first kappa shape index (κ1) is 31.4. The van der Waals surface area contributed by atoms with E-state index in [0.29, 0.717) is 6.42 Å². The zero-order valence-corrected chi connectivity index (χ0v) is 25.3. The zero-order chi connectivity index (χ0) is 31.0. The molecule has 1 amide bonds. The number of fused-ring (bicyclic) bond motifs is 1. The Morgan fingerprint density at radius 1 is 1.32 bits per heavy atom. The molecular weight excluding hydrogens is 553 g/mol. The first-order chi connectivity index (χ1) is 20.0. The third kappa shape index (κ3) is 8.08. The summed E-state index contributed by atoms with van der Waals surface area (Å²) >= 11 is 0. The lowest BCUT2D eigenvalue weighted by atomic mass is 10.1. The molecule has 1 unspecified atom stereocenters. The number of ether oxygens (including phenoxy) is 2. The molecule has 41 heavy (non-hydrogen) atoms. The number of imidazole rings is 1. The number of aliphatic hydroxyl groups is 1. The third-order valence-electron chi connectivity index (χ3n) is 6.23. The van der Waals surface area contributed by atoms with Gasteiger partial charge in [-0.15, -0.1) is 0 Å². The molecule has 15 heteroatoms. The molecule has 0 spiro atoms. The lowest BCUT2D eigenvalue weighted by molar-refractivity contribution is -0.118. The minimum absolute atomic E-state index is 0.0326. The largest absolute Gasteiger partial charge is 0.396 e. The summed E-state index contributed by atoms with van der Waals surface area (Å²) in [6.45, 7) is 19.0. The van der Waals surface area contributed by atoms with Crippen molar-refractivity contribution in [2.45, 2.75) is 91.5 Å². The number of carbonyl (C=O) groups excluding carboxylic acids is 1. The number of rotatable bonds is 15. The van der Waals surface area contributed by atoms with E-state index in [1.807, 2.05) is 27.7 Å². The molecule has 3 N–H and O–H groups in total. The molecule has 0 bridgehead atoms. The maximum absolute atomic E-state index is 12.8. The number of nitrogens with one attached hydrogen (secondary N) is 2. The maximum Gasteiger partial charge on any atom is 0.280 e. The Balaban J connectivity index is 2.04. The summed E-state index contributed by atoms with van der Waals surface area (Å²) < 4.78 is 37.1. The second-order valence-electron chi connectivity index (χ2n) is 10.5. The van der Waals surface area contributed by atoms with Gasteiger partial charge in [-0.05, 0) is 41.0 Å². The van der Waals surface area contributed by atoms with Crippen LogP contribution in [-0.2, 0) is 23.3 Å². The van der Waals surface area contributed by atoms with Crippen molar-refractivity contribution in [2.24, 2.45) is 5.92 Å². The summed E-state index contributed by atoms with van der Waals surface area (Å²) in [6, 6.07) is 0.108. The summed E-state index contributed by atoms with van der Waals surface area (Å²) in [5.74, 6) is -0.688. The van der Waals surface area contributed by atoms with Crippen LogP contribution >= 0.6 is 8.53 Å². The fraction of sp³-hybridized carbons (Fsp3) is 0.731. The first-order valence-corrected chi connectivity index (χ1v) is 14.8. The van der Waals surface area contributed by atoms with E-state index in [2.05, 4.69) is 29.8 Å². The summed E-state index contributed by atoms with van der Waals surface area (Å²) in [4.78, 5) is 39.7. The number of anilines is 1. The first-order valence-electron chi connectivity index (χ1n) is 14.4. The van der Waals surface area contributed by atoms with Gasteiger partial charge in [-0.25, -0.2) is 16.2 Å². The van der Waals surface area contributed by atoms with E-state index < -0.39 is 38.6 Å². The molecule has 2 aromatic heterocycles. The SMILES string of the molecule is [2H]C[C@H]1O[C@@H](n2cnc3c(=O)[nH]c(NC(=O)C(C)C)nc32)[C@H](OCCCO)[C@@H]1OP(OCC[N+]#[C-])N(C(C)C)C(C)C. The van der Waals surface area contributed by atoms with Gasteiger partial charge in [0.05, 0.1) is 12.4 Å². The highest BCUT2D eigenvalue weighted by Crippen LogP contribution is 2.50. The molecular formula is C26H42N7O7P. The van der Waals surface area contributed by atoms with E-state index in [4.69, 9.17) is 26.5 Å². The summed E-state index contributed by atoms with van der Waals surface area (Å²) in [7, 11) is -1.69. The van der Waals surface area contributed by atoms with Crippen molar-refractivity contribution in [3.8, 4) is 0 Å². The number of aromatic nitrogens is 4. The maximum atomic E-state index is 12.8. The van der Waals surface area contributed by atoms with Crippen molar-refractivity contribution in [3.63, 3.8) is 0 Å². The fourth-order valence-corrected chi connectivity index (χ4v) is 6.11. The molecule has 0 radical (unpaired) electrons. The van der Waals surface area contributed by atoms with Crippen LogP contribution in [0.1, 0.15) is 62.5 Å². The molecule has 14 nitrogen and oxygen atoms in total. The summed E-state index contributed by atoms with van der Waals surface area (Å²) in [5.41, 5.74) is -0.346. The van der Waals surface area contributed by atoms with Crippen molar-refractivity contribution in [2.75, 3.05) is 31.7 Å². The summed E-state index contributed by atoms with van der Waals surface area (Å²) in [5, 5.41) is 12.0. The summed E-state index contributed by atoms with van der Waals surface area (Å²) in [6.07, 6.45) is -1.45. The van der Waals surface area contributed by atoms with Gasteiger partial charge in [0, 0.05) is 32.6 Å². The van der Waals surface area contributed by atoms with Crippen molar-refractivity contribution < 1.29 is 29.8 Å². The van der Waals surface area contributed by atoms with Crippen molar-refractivity contribution in [3.05, 3.63) is 28.1 Å². The van der Waals surface area contributed by atoms with Crippen LogP contribution in [-0.4, -0.2) is 92.0 Å². The zero-order valence-electron chi connectivity index (χ0n) is 25.4. The number of hydrogen-bond donors (Lipinski definition) is 3. The molecule has 0 saturated carbocycles. The fourth-order valence-electron chi connectivity index (χ4n) is 4.35. The van der Waals surface area contributed by atoms with Crippen LogP contribution in [0.3, 0.4) is 0 Å². The van der Waals surface area contributed by atoms with E-state index >= 15 is 0 Å².